The van der Waals surface area contributed by atoms with Crippen LogP contribution in [0.5, 0.6) is 0 Å². The maximum absolute atomic E-state index is 13.2. The van der Waals surface area contributed by atoms with E-state index >= 15 is 0 Å². The smallest absolute Gasteiger partial charge is 0.312 e. The zero-order chi connectivity index (χ0) is 20.8. The molecule has 6 nitrogen and oxygen atoms in total. The Balaban J connectivity index is 1.45. The number of carbonyl (C=O) groups excluding carboxylic acids is 3. The minimum Gasteiger partial charge on any atom is -0.452 e. The van der Waals surface area contributed by atoms with E-state index in [-0.39, 0.29) is 23.3 Å². The molecular formula is C22H27ClN2O4. The number of hydrogen-bond donors (Lipinski definition) is 2. The fraction of sp³-hybridized carbons (Fsp3) is 0.591. The van der Waals surface area contributed by atoms with Crippen molar-refractivity contribution in [1.82, 2.24) is 5.32 Å². The average molecular weight is 419 g/mol. The standard InChI is InChI=1S/C22H27ClN2O4/c1-13(19(27)24-18-5-3-4-17(23)7-18)29-20(28)21-8-15-6-16(9-21)11-22(10-15,12-21)25-14(2)26/h3-5,7,13,15-16H,6,8-12H2,1-2H3,(H,24,27)(H,25,26). The van der Waals surface area contributed by atoms with E-state index < -0.39 is 11.5 Å². The second kappa shape index (κ2) is 7.31. The van der Waals surface area contributed by atoms with Gasteiger partial charge in [0.25, 0.3) is 5.91 Å². The van der Waals surface area contributed by atoms with Crippen LogP contribution >= 0.6 is 11.6 Å². The summed E-state index contributed by atoms with van der Waals surface area (Å²) in [6.07, 6.45) is 4.24. The lowest BCUT2D eigenvalue weighted by Crippen LogP contribution is -2.65. The largest absolute Gasteiger partial charge is 0.452 e. The van der Waals surface area contributed by atoms with E-state index in [9.17, 15) is 14.4 Å². The van der Waals surface area contributed by atoms with Crippen molar-refractivity contribution in [3.63, 3.8) is 0 Å². The molecular weight excluding hydrogens is 392 g/mol. The number of carbonyl (C=O) groups is 3. The van der Waals surface area contributed by atoms with Gasteiger partial charge in [-0.2, -0.15) is 0 Å². The molecule has 0 heterocycles. The Morgan fingerprint density at radius 3 is 2.48 bits per heavy atom. The predicted molar refractivity (Wildman–Crippen MR) is 109 cm³/mol. The van der Waals surface area contributed by atoms with Crippen LogP contribution in [-0.4, -0.2) is 29.4 Å². The first-order valence-corrected chi connectivity index (χ1v) is 10.6. The average Bonchev–Trinajstić information content (AvgIpc) is 2.59. The quantitative estimate of drug-likeness (QED) is 0.714. The fourth-order valence-corrected chi connectivity index (χ4v) is 6.36. The number of amides is 2. The molecule has 0 aliphatic heterocycles. The number of nitrogens with one attached hydrogen (secondary N) is 2. The maximum Gasteiger partial charge on any atom is 0.312 e. The van der Waals surface area contributed by atoms with Gasteiger partial charge in [0, 0.05) is 23.2 Å². The molecule has 4 fully saturated rings. The van der Waals surface area contributed by atoms with E-state index in [1.54, 1.807) is 31.2 Å². The van der Waals surface area contributed by atoms with Gasteiger partial charge in [-0.05, 0) is 75.5 Å². The van der Waals surface area contributed by atoms with Crippen LogP contribution in [0.4, 0.5) is 5.69 Å². The van der Waals surface area contributed by atoms with E-state index in [1.165, 1.54) is 6.92 Å². The van der Waals surface area contributed by atoms with Crippen LogP contribution in [0.25, 0.3) is 0 Å². The molecule has 4 aliphatic rings. The normalized spacial score (nSPS) is 33.1. The summed E-state index contributed by atoms with van der Waals surface area (Å²) in [5.41, 5.74) is -0.344. The van der Waals surface area contributed by atoms with Gasteiger partial charge >= 0.3 is 5.97 Å². The number of esters is 1. The van der Waals surface area contributed by atoms with Crippen LogP contribution in [0.1, 0.15) is 52.4 Å². The summed E-state index contributed by atoms with van der Waals surface area (Å²) >= 11 is 5.95. The van der Waals surface area contributed by atoms with Crippen LogP contribution in [0.3, 0.4) is 0 Å². The number of ether oxygens (including phenoxy) is 1. The summed E-state index contributed by atoms with van der Waals surface area (Å²) < 4.78 is 5.65. The van der Waals surface area contributed by atoms with Crippen molar-refractivity contribution in [3.05, 3.63) is 29.3 Å². The van der Waals surface area contributed by atoms with Crippen molar-refractivity contribution in [1.29, 1.82) is 0 Å². The van der Waals surface area contributed by atoms with Crippen LogP contribution in [0.15, 0.2) is 24.3 Å². The number of halogens is 1. The van der Waals surface area contributed by atoms with Crippen LogP contribution in [0, 0.1) is 17.3 Å². The molecule has 29 heavy (non-hydrogen) atoms. The molecule has 4 bridgehead atoms. The van der Waals surface area contributed by atoms with Gasteiger partial charge in [-0.15, -0.1) is 0 Å². The topological polar surface area (TPSA) is 84.5 Å². The summed E-state index contributed by atoms with van der Waals surface area (Å²) in [7, 11) is 0. The molecule has 1 aromatic carbocycles. The van der Waals surface area contributed by atoms with Gasteiger partial charge in [-0.25, -0.2) is 0 Å². The Morgan fingerprint density at radius 2 is 1.86 bits per heavy atom. The molecule has 156 valence electrons. The van der Waals surface area contributed by atoms with Crippen LogP contribution in [0.2, 0.25) is 5.02 Å². The fourth-order valence-electron chi connectivity index (χ4n) is 6.17. The molecule has 3 unspecified atom stereocenters. The van der Waals surface area contributed by atoms with E-state index in [2.05, 4.69) is 10.6 Å². The molecule has 0 spiro atoms. The third-order valence-electron chi connectivity index (χ3n) is 6.68. The molecule has 0 saturated heterocycles. The van der Waals surface area contributed by atoms with Crippen molar-refractivity contribution < 1.29 is 19.1 Å². The van der Waals surface area contributed by atoms with Crippen molar-refractivity contribution in [2.75, 3.05) is 5.32 Å². The van der Waals surface area contributed by atoms with Crippen molar-refractivity contribution in [2.45, 2.75) is 64.0 Å². The Morgan fingerprint density at radius 1 is 1.17 bits per heavy atom. The van der Waals surface area contributed by atoms with Crippen LogP contribution < -0.4 is 10.6 Å². The highest BCUT2D eigenvalue weighted by Crippen LogP contribution is 2.62. The second-order valence-electron chi connectivity index (χ2n) is 9.25. The van der Waals surface area contributed by atoms with Gasteiger partial charge in [-0.1, -0.05) is 17.7 Å². The molecule has 0 aromatic heterocycles. The Bertz CT molecular complexity index is 841. The number of hydrogen-bond acceptors (Lipinski definition) is 4. The first-order chi connectivity index (χ1) is 13.7. The van der Waals surface area contributed by atoms with Crippen LogP contribution in [-0.2, 0) is 19.1 Å². The summed E-state index contributed by atoms with van der Waals surface area (Å²) in [6, 6.07) is 6.84. The summed E-state index contributed by atoms with van der Waals surface area (Å²) in [5, 5.41) is 6.40. The summed E-state index contributed by atoms with van der Waals surface area (Å²) in [5.74, 6) is 0.0965. The molecule has 1 aromatic rings. The predicted octanol–water partition coefficient (Wildman–Crippen LogP) is 3.69. The zero-order valence-electron chi connectivity index (χ0n) is 16.8. The van der Waals surface area contributed by atoms with E-state index in [1.807, 2.05) is 0 Å². The second-order valence-corrected chi connectivity index (χ2v) is 9.69. The maximum atomic E-state index is 13.2. The van der Waals surface area contributed by atoms with E-state index in [0.717, 1.165) is 32.1 Å². The first-order valence-electron chi connectivity index (χ1n) is 10.2. The minimum absolute atomic E-state index is 0.0512. The van der Waals surface area contributed by atoms with Gasteiger partial charge in [0.1, 0.15) is 0 Å². The van der Waals surface area contributed by atoms with Gasteiger partial charge in [0.2, 0.25) is 5.91 Å². The lowest BCUT2D eigenvalue weighted by atomic mass is 9.47. The highest BCUT2D eigenvalue weighted by atomic mass is 35.5. The molecule has 4 aliphatic carbocycles. The van der Waals surface area contributed by atoms with Gasteiger partial charge in [0.05, 0.1) is 5.41 Å². The number of benzene rings is 1. The first kappa shape index (κ1) is 20.2. The third kappa shape index (κ3) is 4.00. The molecule has 5 rings (SSSR count). The zero-order valence-corrected chi connectivity index (χ0v) is 17.6. The molecule has 0 radical (unpaired) electrons. The SMILES string of the molecule is CC(=O)NC12CC3CC(C1)CC(C(=O)OC(C)C(=O)Nc1cccc(Cl)c1)(C3)C2. The molecule has 3 atom stereocenters. The lowest BCUT2D eigenvalue weighted by molar-refractivity contribution is -0.181. The number of anilines is 1. The van der Waals surface area contributed by atoms with Gasteiger partial charge in [0.15, 0.2) is 6.10 Å². The Kier molecular flexibility index (Phi) is 5.09. The Labute approximate surface area is 175 Å². The highest BCUT2D eigenvalue weighted by molar-refractivity contribution is 6.30. The molecule has 4 saturated carbocycles. The highest BCUT2D eigenvalue weighted by Gasteiger charge is 2.61. The monoisotopic (exact) mass is 418 g/mol. The summed E-state index contributed by atoms with van der Waals surface area (Å²) in [4.78, 5) is 37.5. The Hall–Kier alpha value is -2.08. The summed E-state index contributed by atoms with van der Waals surface area (Å²) in [6.45, 7) is 3.12. The molecule has 7 heteroatoms. The van der Waals surface area contributed by atoms with E-state index in [4.69, 9.17) is 16.3 Å². The van der Waals surface area contributed by atoms with Crippen molar-refractivity contribution in [3.8, 4) is 0 Å². The van der Waals surface area contributed by atoms with Crippen molar-refractivity contribution in [2.24, 2.45) is 17.3 Å². The van der Waals surface area contributed by atoms with Gasteiger partial charge < -0.3 is 15.4 Å². The van der Waals surface area contributed by atoms with Crippen molar-refractivity contribution >= 4 is 35.1 Å². The van der Waals surface area contributed by atoms with E-state index in [0.29, 0.717) is 29.0 Å². The molecule has 2 N–H and O–H groups in total. The lowest BCUT2D eigenvalue weighted by Gasteiger charge is -2.60. The van der Waals surface area contributed by atoms with Gasteiger partial charge in [-0.3, -0.25) is 14.4 Å². The number of rotatable bonds is 5. The third-order valence-corrected chi connectivity index (χ3v) is 6.92. The molecule has 2 amide bonds. The minimum atomic E-state index is -0.911.